The number of likely N-dealkylation sites (tertiary alicyclic amines) is 1. The van der Waals surface area contributed by atoms with Gasteiger partial charge in [-0.05, 0) is 56.6 Å². The molecule has 0 unspecified atom stereocenters. The monoisotopic (exact) mass is 332 g/mol. The van der Waals surface area contributed by atoms with E-state index in [1.54, 1.807) is 6.92 Å². The van der Waals surface area contributed by atoms with Gasteiger partial charge in [-0.15, -0.1) is 0 Å². The predicted octanol–water partition coefficient (Wildman–Crippen LogP) is 2.94. The van der Waals surface area contributed by atoms with Crippen molar-refractivity contribution in [1.82, 2.24) is 9.88 Å². The van der Waals surface area contributed by atoms with Crippen LogP contribution >= 0.6 is 0 Å². The highest BCUT2D eigenvalue weighted by Crippen LogP contribution is 2.21. The van der Waals surface area contributed by atoms with E-state index in [2.05, 4.69) is 34.1 Å². The SMILES string of the molecule is CCS(=O)(=O)C1CCN(Cc2ccc3nc(C)ccc3c2)CC1. The van der Waals surface area contributed by atoms with E-state index < -0.39 is 9.84 Å². The van der Waals surface area contributed by atoms with E-state index in [0.717, 1.165) is 49.1 Å². The van der Waals surface area contributed by atoms with Gasteiger partial charge in [0.1, 0.15) is 0 Å². The van der Waals surface area contributed by atoms with Crippen molar-refractivity contribution in [2.75, 3.05) is 18.8 Å². The minimum atomic E-state index is -2.89. The summed E-state index contributed by atoms with van der Waals surface area (Å²) < 4.78 is 23.9. The Morgan fingerprint density at radius 2 is 1.91 bits per heavy atom. The van der Waals surface area contributed by atoms with E-state index in [1.807, 2.05) is 13.0 Å². The van der Waals surface area contributed by atoms with Crippen molar-refractivity contribution in [1.29, 1.82) is 0 Å². The molecule has 1 aliphatic heterocycles. The van der Waals surface area contributed by atoms with Gasteiger partial charge in [-0.25, -0.2) is 8.42 Å². The van der Waals surface area contributed by atoms with Crippen molar-refractivity contribution in [3.8, 4) is 0 Å². The van der Waals surface area contributed by atoms with Crippen molar-refractivity contribution in [2.45, 2.75) is 38.5 Å². The summed E-state index contributed by atoms with van der Waals surface area (Å²) in [5, 5.41) is 1.02. The Balaban J connectivity index is 1.66. The fraction of sp³-hybridized carbons (Fsp3) is 0.500. The smallest absolute Gasteiger partial charge is 0.152 e. The summed E-state index contributed by atoms with van der Waals surface area (Å²) in [6.45, 7) is 6.33. The zero-order chi connectivity index (χ0) is 16.4. The number of hydrogen-bond acceptors (Lipinski definition) is 4. The van der Waals surface area contributed by atoms with E-state index >= 15 is 0 Å². The van der Waals surface area contributed by atoms with E-state index in [-0.39, 0.29) is 11.0 Å². The molecule has 3 rings (SSSR count). The molecule has 1 aromatic carbocycles. The van der Waals surface area contributed by atoms with Gasteiger partial charge in [-0.2, -0.15) is 0 Å². The number of sulfone groups is 1. The largest absolute Gasteiger partial charge is 0.299 e. The highest BCUT2D eigenvalue weighted by atomic mass is 32.2. The van der Waals surface area contributed by atoms with E-state index in [0.29, 0.717) is 0 Å². The maximum Gasteiger partial charge on any atom is 0.152 e. The number of hydrogen-bond donors (Lipinski definition) is 0. The topological polar surface area (TPSA) is 50.3 Å². The average Bonchev–Trinajstić information content (AvgIpc) is 2.55. The van der Waals surface area contributed by atoms with E-state index in [4.69, 9.17) is 0 Å². The molecule has 4 nitrogen and oxygen atoms in total. The zero-order valence-electron chi connectivity index (χ0n) is 13.8. The van der Waals surface area contributed by atoms with Crippen LogP contribution in [0, 0.1) is 6.92 Å². The molecule has 23 heavy (non-hydrogen) atoms. The number of aromatic nitrogens is 1. The van der Waals surface area contributed by atoms with Gasteiger partial charge in [0.2, 0.25) is 0 Å². The quantitative estimate of drug-likeness (QED) is 0.864. The Bertz CT molecular complexity index is 794. The molecule has 0 saturated carbocycles. The second kappa shape index (κ2) is 6.57. The molecule has 1 aliphatic rings. The number of nitrogens with zero attached hydrogens (tertiary/aromatic N) is 2. The Morgan fingerprint density at radius 1 is 1.17 bits per heavy atom. The third-order valence-electron chi connectivity index (χ3n) is 4.74. The molecule has 5 heteroatoms. The third kappa shape index (κ3) is 3.72. The first kappa shape index (κ1) is 16.4. The van der Waals surface area contributed by atoms with Crippen LogP contribution < -0.4 is 0 Å². The molecule has 1 saturated heterocycles. The summed E-state index contributed by atoms with van der Waals surface area (Å²) in [7, 11) is -2.89. The average molecular weight is 332 g/mol. The molecule has 0 bridgehead atoms. The van der Waals surface area contributed by atoms with E-state index in [9.17, 15) is 8.42 Å². The predicted molar refractivity (Wildman–Crippen MR) is 94.2 cm³/mol. The molecule has 0 aliphatic carbocycles. The first-order chi connectivity index (χ1) is 11.0. The lowest BCUT2D eigenvalue weighted by molar-refractivity contribution is 0.222. The molecule has 0 atom stereocenters. The van der Waals surface area contributed by atoms with Gasteiger partial charge in [0.25, 0.3) is 0 Å². The van der Waals surface area contributed by atoms with Crippen LogP contribution in [0.15, 0.2) is 30.3 Å². The molecule has 1 aromatic heterocycles. The maximum atomic E-state index is 12.0. The molecular weight excluding hydrogens is 308 g/mol. The van der Waals surface area contributed by atoms with Crippen molar-refractivity contribution >= 4 is 20.7 Å². The molecule has 124 valence electrons. The lowest BCUT2D eigenvalue weighted by Crippen LogP contribution is -2.39. The summed E-state index contributed by atoms with van der Waals surface area (Å²) >= 11 is 0. The second-order valence-corrected chi connectivity index (χ2v) is 8.98. The lowest BCUT2D eigenvalue weighted by atomic mass is 10.1. The number of pyridine rings is 1. The van der Waals surface area contributed by atoms with Crippen molar-refractivity contribution in [2.24, 2.45) is 0 Å². The third-order valence-corrected chi connectivity index (χ3v) is 7.04. The van der Waals surface area contributed by atoms with Crippen LogP contribution in [0.5, 0.6) is 0 Å². The minimum absolute atomic E-state index is 0.146. The molecule has 1 fully saturated rings. The molecule has 0 spiro atoms. The Morgan fingerprint density at radius 3 is 2.61 bits per heavy atom. The van der Waals surface area contributed by atoms with Gasteiger partial charge in [-0.1, -0.05) is 19.1 Å². The fourth-order valence-electron chi connectivity index (χ4n) is 3.30. The molecular formula is C18H24N2O2S. The summed E-state index contributed by atoms with van der Waals surface area (Å²) in [6, 6.07) is 10.5. The first-order valence-corrected chi connectivity index (χ1v) is 9.99. The summed E-state index contributed by atoms with van der Waals surface area (Å²) in [4.78, 5) is 6.88. The van der Waals surface area contributed by atoms with Crippen molar-refractivity contribution in [3.63, 3.8) is 0 Å². The number of piperidine rings is 1. The van der Waals surface area contributed by atoms with Gasteiger partial charge in [0.05, 0.1) is 10.8 Å². The summed E-state index contributed by atoms with van der Waals surface area (Å²) in [5.74, 6) is 0.259. The number of fused-ring (bicyclic) bond motifs is 1. The minimum Gasteiger partial charge on any atom is -0.299 e. The number of rotatable bonds is 4. The van der Waals surface area contributed by atoms with E-state index in [1.165, 1.54) is 5.56 Å². The number of benzene rings is 1. The maximum absolute atomic E-state index is 12.0. The molecule has 2 aromatic rings. The summed E-state index contributed by atoms with van der Waals surface area (Å²) in [6.07, 6.45) is 1.51. The lowest BCUT2D eigenvalue weighted by Gasteiger charge is -2.31. The second-order valence-electron chi connectivity index (χ2n) is 6.41. The normalized spacial score (nSPS) is 17.7. The van der Waals surface area contributed by atoms with Gasteiger partial charge in [0, 0.05) is 23.4 Å². The molecule has 0 N–H and O–H groups in total. The number of aryl methyl sites for hydroxylation is 1. The molecule has 0 radical (unpaired) electrons. The van der Waals surface area contributed by atoms with Crippen LogP contribution in [0.1, 0.15) is 31.0 Å². The molecule has 2 heterocycles. The van der Waals surface area contributed by atoms with Crippen molar-refractivity contribution in [3.05, 3.63) is 41.6 Å². The van der Waals surface area contributed by atoms with Crippen LogP contribution in [0.4, 0.5) is 0 Å². The Kier molecular flexibility index (Phi) is 4.69. The highest BCUT2D eigenvalue weighted by Gasteiger charge is 2.28. The Hall–Kier alpha value is -1.46. The van der Waals surface area contributed by atoms with Gasteiger partial charge in [-0.3, -0.25) is 9.88 Å². The van der Waals surface area contributed by atoms with Gasteiger partial charge >= 0.3 is 0 Å². The Labute approximate surface area is 138 Å². The van der Waals surface area contributed by atoms with Gasteiger partial charge < -0.3 is 0 Å². The standard InChI is InChI=1S/C18H24N2O2S/c1-3-23(21,22)17-8-10-20(11-9-17)13-15-5-7-18-16(12-15)6-4-14(2)19-18/h4-7,12,17H,3,8-11,13H2,1-2H3. The van der Waals surface area contributed by atoms with Crippen LogP contribution in [-0.4, -0.2) is 42.4 Å². The first-order valence-electron chi connectivity index (χ1n) is 8.28. The van der Waals surface area contributed by atoms with Gasteiger partial charge in [0.15, 0.2) is 9.84 Å². The van der Waals surface area contributed by atoms with Crippen molar-refractivity contribution < 1.29 is 8.42 Å². The van der Waals surface area contributed by atoms with Crippen LogP contribution in [-0.2, 0) is 16.4 Å². The summed E-state index contributed by atoms with van der Waals surface area (Å²) in [5.41, 5.74) is 3.32. The highest BCUT2D eigenvalue weighted by molar-refractivity contribution is 7.92. The van der Waals surface area contributed by atoms with Crippen LogP contribution in [0.25, 0.3) is 10.9 Å². The molecule has 0 amide bonds. The fourth-order valence-corrected chi connectivity index (χ4v) is 4.70. The van der Waals surface area contributed by atoms with Crippen LogP contribution in [0.2, 0.25) is 0 Å². The zero-order valence-corrected chi connectivity index (χ0v) is 14.6. The van der Waals surface area contributed by atoms with Crippen LogP contribution in [0.3, 0.4) is 0 Å².